The summed E-state index contributed by atoms with van der Waals surface area (Å²) in [4.78, 5) is 0. The number of rotatable bonds is 11. The highest BCUT2D eigenvalue weighted by atomic mass is 35.5. The van der Waals surface area contributed by atoms with Crippen LogP contribution in [0.1, 0.15) is 49.3 Å². The highest BCUT2D eigenvalue weighted by molar-refractivity contribution is 5.17. The van der Waals surface area contributed by atoms with Crippen LogP contribution in [0.2, 0.25) is 0 Å². The summed E-state index contributed by atoms with van der Waals surface area (Å²) in [6.07, 6.45) is 5.24. The monoisotopic (exact) mass is 407 g/mol. The summed E-state index contributed by atoms with van der Waals surface area (Å²) in [7, 11) is 0. The van der Waals surface area contributed by atoms with Crippen LogP contribution in [0.3, 0.4) is 0 Å². The minimum absolute atomic E-state index is 0. The quantitative estimate of drug-likeness (QED) is 0.333. The van der Waals surface area contributed by atoms with E-state index in [1.165, 1.54) is 48.9 Å². The zero-order chi connectivity index (χ0) is 19.5. The van der Waals surface area contributed by atoms with E-state index in [-0.39, 0.29) is 12.4 Å². The summed E-state index contributed by atoms with van der Waals surface area (Å²) in [5.41, 5.74) is 4.31. The van der Waals surface area contributed by atoms with Gasteiger partial charge in [0, 0.05) is 16.7 Å². The molecule has 1 nitrogen and oxygen atoms in total. The van der Waals surface area contributed by atoms with Gasteiger partial charge in [0.2, 0.25) is 0 Å². The van der Waals surface area contributed by atoms with E-state index in [1.54, 1.807) is 0 Å². The summed E-state index contributed by atoms with van der Waals surface area (Å²) < 4.78 is 1.09. The predicted octanol–water partition coefficient (Wildman–Crippen LogP) is 3.99. The van der Waals surface area contributed by atoms with E-state index >= 15 is 0 Å². The zero-order valence-corrected chi connectivity index (χ0v) is 18.4. The molecule has 0 fully saturated rings. The molecule has 0 heterocycles. The summed E-state index contributed by atoms with van der Waals surface area (Å²) in [6, 6.07) is 33.1. The molecule has 0 aliphatic rings. The number of hydrogen-bond acceptors (Lipinski definition) is 0. The van der Waals surface area contributed by atoms with Crippen molar-refractivity contribution in [2.75, 3.05) is 6.54 Å². The van der Waals surface area contributed by atoms with Crippen LogP contribution >= 0.6 is 0 Å². The normalized spacial score (nSPS) is 11.1. The summed E-state index contributed by atoms with van der Waals surface area (Å²) in [5, 5.41) is 0. The van der Waals surface area contributed by atoms with Crippen LogP contribution in [0.15, 0.2) is 91.0 Å². The maximum absolute atomic E-state index is 2.29. The van der Waals surface area contributed by atoms with Gasteiger partial charge in [0.1, 0.15) is 19.6 Å². The van der Waals surface area contributed by atoms with E-state index in [9.17, 15) is 0 Å². The molecule has 3 aromatic rings. The SMILES string of the molecule is CCCCCC[N+](Cc1ccccc1)(Cc1ccccc1)Cc1ccccc1.[Cl-]. The topological polar surface area (TPSA) is 0 Å². The van der Waals surface area contributed by atoms with Gasteiger partial charge in [0.25, 0.3) is 0 Å². The van der Waals surface area contributed by atoms with E-state index in [0.717, 1.165) is 24.1 Å². The smallest absolute Gasteiger partial charge is 0.105 e. The highest BCUT2D eigenvalue weighted by Crippen LogP contribution is 2.25. The Hall–Kier alpha value is -2.09. The van der Waals surface area contributed by atoms with Crippen molar-refractivity contribution < 1.29 is 16.9 Å². The van der Waals surface area contributed by atoms with Crippen molar-refractivity contribution >= 4 is 0 Å². The predicted molar refractivity (Wildman–Crippen MR) is 120 cm³/mol. The Balaban J connectivity index is 0.00000300. The second kappa shape index (κ2) is 12.5. The average molecular weight is 408 g/mol. The first kappa shape index (κ1) is 23.2. The molecule has 3 rings (SSSR count). The molecule has 0 spiro atoms. The Kier molecular flexibility index (Phi) is 9.97. The standard InChI is InChI=1S/C27H34N.ClH/c1-2-3-4-14-21-28(22-25-15-8-5-9-16-25,23-26-17-10-6-11-18-26)24-27-19-12-7-13-20-27;/h5-13,15-20H,2-4,14,21-24H2,1H3;1H/q+1;/p-1. The molecule has 0 aromatic heterocycles. The van der Waals surface area contributed by atoms with Gasteiger partial charge in [-0.15, -0.1) is 0 Å². The van der Waals surface area contributed by atoms with Crippen molar-refractivity contribution in [3.63, 3.8) is 0 Å². The lowest BCUT2D eigenvalue weighted by Crippen LogP contribution is -3.00. The Bertz CT molecular complexity index is 685. The zero-order valence-electron chi connectivity index (χ0n) is 17.6. The van der Waals surface area contributed by atoms with Gasteiger partial charge >= 0.3 is 0 Å². The number of unbranched alkanes of at least 4 members (excludes halogenated alkanes) is 3. The molecule has 2 heteroatoms. The number of quaternary nitrogens is 1. The fourth-order valence-electron chi connectivity index (χ4n) is 4.19. The third kappa shape index (κ3) is 7.68. The van der Waals surface area contributed by atoms with Crippen LogP contribution in [-0.4, -0.2) is 11.0 Å². The Morgan fingerprint density at radius 3 is 1.24 bits per heavy atom. The molecule has 0 bridgehead atoms. The van der Waals surface area contributed by atoms with Crippen molar-refractivity contribution in [1.29, 1.82) is 0 Å². The van der Waals surface area contributed by atoms with Crippen LogP contribution in [-0.2, 0) is 19.6 Å². The van der Waals surface area contributed by atoms with Crippen molar-refractivity contribution in [2.24, 2.45) is 0 Å². The van der Waals surface area contributed by atoms with Crippen molar-refractivity contribution in [1.82, 2.24) is 0 Å². The van der Waals surface area contributed by atoms with Crippen LogP contribution < -0.4 is 12.4 Å². The molecule has 0 N–H and O–H groups in total. The van der Waals surface area contributed by atoms with Crippen molar-refractivity contribution in [3.8, 4) is 0 Å². The molecule has 3 aromatic carbocycles. The van der Waals surface area contributed by atoms with Gasteiger partial charge in [0.05, 0.1) is 6.54 Å². The maximum Gasteiger partial charge on any atom is 0.105 e. The molecule has 0 unspecified atom stereocenters. The average Bonchev–Trinajstić information content (AvgIpc) is 2.73. The van der Waals surface area contributed by atoms with Gasteiger partial charge < -0.3 is 16.9 Å². The number of benzene rings is 3. The van der Waals surface area contributed by atoms with Crippen LogP contribution in [0.25, 0.3) is 0 Å². The molecule has 0 amide bonds. The van der Waals surface area contributed by atoms with E-state index in [1.807, 2.05) is 0 Å². The third-order valence-corrected chi connectivity index (χ3v) is 5.57. The van der Waals surface area contributed by atoms with Crippen LogP contribution in [0.5, 0.6) is 0 Å². The lowest BCUT2D eigenvalue weighted by atomic mass is 10.1. The van der Waals surface area contributed by atoms with Gasteiger partial charge in [-0.3, -0.25) is 0 Å². The molecule has 29 heavy (non-hydrogen) atoms. The maximum atomic E-state index is 2.29. The van der Waals surface area contributed by atoms with Gasteiger partial charge in [-0.25, -0.2) is 0 Å². The van der Waals surface area contributed by atoms with Gasteiger partial charge in [-0.2, -0.15) is 0 Å². The third-order valence-electron chi connectivity index (χ3n) is 5.57. The van der Waals surface area contributed by atoms with Gasteiger partial charge in [-0.1, -0.05) is 111 Å². The summed E-state index contributed by atoms with van der Waals surface area (Å²) in [5.74, 6) is 0. The summed E-state index contributed by atoms with van der Waals surface area (Å²) in [6.45, 7) is 6.75. The molecule has 0 aliphatic heterocycles. The minimum atomic E-state index is 0. The van der Waals surface area contributed by atoms with E-state index in [0.29, 0.717) is 0 Å². The number of nitrogens with zero attached hydrogens (tertiary/aromatic N) is 1. The van der Waals surface area contributed by atoms with Gasteiger partial charge in [0.15, 0.2) is 0 Å². The second-order valence-corrected chi connectivity index (χ2v) is 8.06. The molecular weight excluding hydrogens is 374 g/mol. The molecule has 154 valence electrons. The lowest BCUT2D eigenvalue weighted by molar-refractivity contribution is -0.966. The molecule has 0 saturated carbocycles. The summed E-state index contributed by atoms with van der Waals surface area (Å²) >= 11 is 0. The molecule has 0 atom stereocenters. The molecule has 0 aliphatic carbocycles. The van der Waals surface area contributed by atoms with E-state index in [4.69, 9.17) is 0 Å². The fourth-order valence-corrected chi connectivity index (χ4v) is 4.19. The molecular formula is C27H34ClN. The van der Waals surface area contributed by atoms with Crippen LogP contribution in [0.4, 0.5) is 0 Å². The second-order valence-electron chi connectivity index (χ2n) is 8.06. The number of hydrogen-bond donors (Lipinski definition) is 0. The molecule has 0 saturated heterocycles. The van der Waals surface area contributed by atoms with Crippen molar-refractivity contribution in [2.45, 2.75) is 52.2 Å². The van der Waals surface area contributed by atoms with Crippen molar-refractivity contribution in [3.05, 3.63) is 108 Å². The van der Waals surface area contributed by atoms with Gasteiger partial charge in [-0.05, 0) is 12.8 Å². The molecule has 0 radical (unpaired) electrons. The highest BCUT2D eigenvalue weighted by Gasteiger charge is 2.28. The van der Waals surface area contributed by atoms with E-state index < -0.39 is 0 Å². The first-order chi connectivity index (χ1) is 13.8. The van der Waals surface area contributed by atoms with Crippen LogP contribution in [0, 0.1) is 0 Å². The largest absolute Gasteiger partial charge is 1.00 e. The first-order valence-corrected chi connectivity index (χ1v) is 10.8. The minimum Gasteiger partial charge on any atom is -1.00 e. The number of halogens is 1. The Morgan fingerprint density at radius 2 is 0.897 bits per heavy atom. The van der Waals surface area contributed by atoms with E-state index in [2.05, 4.69) is 97.9 Å². The Morgan fingerprint density at radius 1 is 0.517 bits per heavy atom. The lowest BCUT2D eigenvalue weighted by Gasteiger charge is -2.39. The first-order valence-electron chi connectivity index (χ1n) is 10.8. The fraction of sp³-hybridized carbons (Fsp3) is 0.333. The Labute approximate surface area is 183 Å².